The van der Waals surface area contributed by atoms with E-state index in [4.69, 9.17) is 0 Å². The maximum atomic E-state index is 14.5. The number of rotatable bonds is 6. The van der Waals surface area contributed by atoms with Gasteiger partial charge in [0, 0.05) is 102 Å². The molecule has 220 valence electrons. The van der Waals surface area contributed by atoms with Crippen molar-refractivity contribution in [3.05, 3.63) is 71.8 Å². The molecule has 0 saturated carbocycles. The molecule has 2 saturated heterocycles. The molecule has 0 spiro atoms. The molecule has 4 heterocycles. The number of piperidine rings is 1. The first-order chi connectivity index (χ1) is 20.3. The van der Waals surface area contributed by atoms with Crippen LogP contribution in [0.3, 0.4) is 0 Å². The number of amides is 2. The van der Waals surface area contributed by atoms with Gasteiger partial charge in [-0.05, 0) is 49.6 Å². The maximum absolute atomic E-state index is 14.5. The zero-order valence-corrected chi connectivity index (χ0v) is 24.7. The minimum absolute atomic E-state index is 0.0529. The van der Waals surface area contributed by atoms with Crippen LogP contribution in [0, 0.1) is 5.82 Å². The van der Waals surface area contributed by atoms with Crippen LogP contribution in [0.1, 0.15) is 35.7 Å². The molecule has 1 aromatic heterocycles. The van der Waals surface area contributed by atoms with Crippen molar-refractivity contribution in [3.63, 3.8) is 0 Å². The standard InChI is InChI=1S/C31H35FN6O3S/c1-21-18-36(13-14-38(21)29(39)20-37-19-22-5-3-4-6-26(22)30(37)40)28-8-7-24(32)15-27(28)23-16-33-31(34-17-23)35-11-9-25(10-12-35)42(2)41/h3-8,15-17,21,25H,9-14,18-20H2,1-2H3. The summed E-state index contributed by atoms with van der Waals surface area (Å²) in [6, 6.07) is 12.1. The van der Waals surface area contributed by atoms with Crippen LogP contribution in [0.4, 0.5) is 16.0 Å². The van der Waals surface area contributed by atoms with Crippen LogP contribution in [-0.4, -0.2) is 92.6 Å². The summed E-state index contributed by atoms with van der Waals surface area (Å²) >= 11 is 0. The SMILES string of the molecule is CC1CN(c2ccc(F)cc2-c2cnc(N3CCC(S(C)=O)CC3)nc2)CCN1C(=O)CN1Cc2ccccc2C1=O. The van der Waals surface area contributed by atoms with E-state index in [2.05, 4.69) is 19.8 Å². The number of nitrogens with zero attached hydrogens (tertiary/aromatic N) is 6. The van der Waals surface area contributed by atoms with E-state index in [0.29, 0.717) is 43.3 Å². The number of carbonyl (C=O) groups is 2. The summed E-state index contributed by atoms with van der Waals surface area (Å²) in [5.41, 5.74) is 3.91. The maximum Gasteiger partial charge on any atom is 0.254 e. The molecule has 0 bridgehead atoms. The van der Waals surface area contributed by atoms with Crippen molar-refractivity contribution in [2.45, 2.75) is 37.6 Å². The van der Waals surface area contributed by atoms with E-state index in [9.17, 15) is 18.2 Å². The molecule has 6 rings (SSSR count). The average Bonchev–Trinajstić information content (AvgIpc) is 3.31. The minimum atomic E-state index is -0.823. The predicted octanol–water partition coefficient (Wildman–Crippen LogP) is 3.32. The summed E-state index contributed by atoms with van der Waals surface area (Å²) in [4.78, 5) is 43.0. The Labute approximate surface area is 247 Å². The Morgan fingerprint density at radius 2 is 1.74 bits per heavy atom. The number of aromatic nitrogens is 2. The van der Waals surface area contributed by atoms with E-state index in [-0.39, 0.29) is 35.5 Å². The number of anilines is 2. The molecule has 2 aromatic carbocycles. The molecule has 2 unspecified atom stereocenters. The molecular weight excluding hydrogens is 555 g/mol. The zero-order chi connectivity index (χ0) is 29.4. The monoisotopic (exact) mass is 590 g/mol. The molecule has 2 fully saturated rings. The fraction of sp³-hybridized carbons (Fsp3) is 0.419. The number of hydrogen-bond donors (Lipinski definition) is 0. The second-order valence-corrected chi connectivity index (χ2v) is 13.0. The van der Waals surface area contributed by atoms with Gasteiger partial charge >= 0.3 is 0 Å². The molecule has 9 nitrogen and oxygen atoms in total. The predicted molar refractivity (Wildman–Crippen MR) is 161 cm³/mol. The second-order valence-electron chi connectivity index (χ2n) is 11.3. The van der Waals surface area contributed by atoms with Gasteiger partial charge in [0.1, 0.15) is 12.4 Å². The normalized spacial score (nSPS) is 20.2. The summed E-state index contributed by atoms with van der Waals surface area (Å²) in [6.45, 7) is 5.68. The van der Waals surface area contributed by atoms with E-state index in [1.165, 1.54) is 12.1 Å². The van der Waals surface area contributed by atoms with Crippen molar-refractivity contribution < 1.29 is 18.2 Å². The molecule has 3 aromatic rings. The number of piperazine rings is 1. The van der Waals surface area contributed by atoms with Crippen LogP contribution in [-0.2, 0) is 22.1 Å². The van der Waals surface area contributed by atoms with Gasteiger partial charge in [-0.3, -0.25) is 13.8 Å². The highest BCUT2D eigenvalue weighted by Gasteiger charge is 2.33. The van der Waals surface area contributed by atoms with Gasteiger partial charge < -0.3 is 19.6 Å². The summed E-state index contributed by atoms with van der Waals surface area (Å²) < 4.78 is 26.3. The Hall–Kier alpha value is -3.86. The van der Waals surface area contributed by atoms with Gasteiger partial charge in [0.25, 0.3) is 5.91 Å². The van der Waals surface area contributed by atoms with E-state index >= 15 is 0 Å². The first-order valence-corrected chi connectivity index (χ1v) is 16.0. The van der Waals surface area contributed by atoms with Crippen LogP contribution in [0.2, 0.25) is 0 Å². The molecule has 0 N–H and O–H groups in total. The lowest BCUT2D eigenvalue weighted by atomic mass is 10.0. The van der Waals surface area contributed by atoms with Gasteiger partial charge in [0.05, 0.1) is 0 Å². The third kappa shape index (κ3) is 5.62. The summed E-state index contributed by atoms with van der Waals surface area (Å²) in [5.74, 6) is 0.111. The minimum Gasteiger partial charge on any atom is -0.367 e. The number of benzene rings is 2. The molecule has 42 heavy (non-hydrogen) atoms. The number of halogens is 1. The first kappa shape index (κ1) is 28.3. The second kappa shape index (κ2) is 11.8. The molecule has 0 radical (unpaired) electrons. The Morgan fingerprint density at radius 1 is 1.00 bits per heavy atom. The number of hydrogen-bond acceptors (Lipinski definition) is 7. The summed E-state index contributed by atoms with van der Waals surface area (Å²) in [5, 5.41) is 0.216. The van der Waals surface area contributed by atoms with Crippen LogP contribution < -0.4 is 9.80 Å². The number of fused-ring (bicyclic) bond motifs is 1. The fourth-order valence-corrected chi connectivity index (χ4v) is 7.14. The first-order valence-electron chi connectivity index (χ1n) is 14.4. The largest absolute Gasteiger partial charge is 0.367 e. The van der Waals surface area contributed by atoms with Crippen molar-refractivity contribution in [1.82, 2.24) is 19.8 Å². The van der Waals surface area contributed by atoms with Gasteiger partial charge in [0.2, 0.25) is 11.9 Å². The third-order valence-corrected chi connectivity index (χ3v) is 10.0. The summed E-state index contributed by atoms with van der Waals surface area (Å²) in [6.07, 6.45) is 6.92. The quantitative estimate of drug-likeness (QED) is 0.435. The Morgan fingerprint density at radius 3 is 2.43 bits per heavy atom. The highest BCUT2D eigenvalue weighted by Crippen LogP contribution is 2.33. The van der Waals surface area contributed by atoms with Gasteiger partial charge in [0.15, 0.2) is 0 Å². The lowest BCUT2D eigenvalue weighted by Gasteiger charge is -2.42. The Kier molecular flexibility index (Phi) is 7.94. The van der Waals surface area contributed by atoms with Gasteiger partial charge in [-0.1, -0.05) is 18.2 Å². The van der Waals surface area contributed by atoms with Crippen molar-refractivity contribution >= 4 is 34.2 Å². The third-order valence-electron chi connectivity index (χ3n) is 8.61. The topological polar surface area (TPSA) is 90.0 Å². The molecule has 2 amide bonds. The lowest BCUT2D eigenvalue weighted by molar-refractivity contribution is -0.134. The lowest BCUT2D eigenvalue weighted by Crippen LogP contribution is -2.56. The molecular formula is C31H35FN6O3S. The van der Waals surface area contributed by atoms with Gasteiger partial charge in [-0.2, -0.15) is 0 Å². The van der Waals surface area contributed by atoms with Gasteiger partial charge in [-0.25, -0.2) is 14.4 Å². The van der Waals surface area contributed by atoms with Gasteiger partial charge in [-0.15, -0.1) is 0 Å². The summed E-state index contributed by atoms with van der Waals surface area (Å²) in [7, 11) is -0.823. The van der Waals surface area contributed by atoms with Crippen molar-refractivity contribution in [2.75, 3.05) is 55.3 Å². The van der Waals surface area contributed by atoms with Crippen LogP contribution in [0.25, 0.3) is 11.1 Å². The smallest absolute Gasteiger partial charge is 0.254 e. The van der Waals surface area contributed by atoms with Crippen LogP contribution in [0.5, 0.6) is 0 Å². The van der Waals surface area contributed by atoms with E-state index < -0.39 is 10.8 Å². The van der Waals surface area contributed by atoms with E-state index in [1.807, 2.05) is 36.1 Å². The highest BCUT2D eigenvalue weighted by molar-refractivity contribution is 7.84. The highest BCUT2D eigenvalue weighted by atomic mass is 32.2. The molecule has 3 aliphatic rings. The Bertz CT molecular complexity index is 1510. The van der Waals surface area contributed by atoms with E-state index in [0.717, 1.165) is 42.7 Å². The molecule has 11 heteroatoms. The van der Waals surface area contributed by atoms with Crippen molar-refractivity contribution in [3.8, 4) is 11.1 Å². The fourth-order valence-electron chi connectivity index (χ4n) is 6.27. The number of carbonyl (C=O) groups excluding carboxylic acids is 2. The van der Waals surface area contributed by atoms with Crippen LogP contribution >= 0.6 is 0 Å². The van der Waals surface area contributed by atoms with Crippen molar-refractivity contribution in [1.29, 1.82) is 0 Å². The zero-order valence-electron chi connectivity index (χ0n) is 23.9. The molecule has 2 atom stereocenters. The Balaban J connectivity index is 1.12. The average molecular weight is 591 g/mol. The van der Waals surface area contributed by atoms with Crippen LogP contribution in [0.15, 0.2) is 54.9 Å². The van der Waals surface area contributed by atoms with Crippen molar-refractivity contribution in [2.24, 2.45) is 0 Å². The van der Waals surface area contributed by atoms with E-state index in [1.54, 1.807) is 29.6 Å². The molecule has 0 aliphatic carbocycles. The molecule has 3 aliphatic heterocycles.